The van der Waals surface area contributed by atoms with Crippen molar-refractivity contribution in [2.75, 3.05) is 12.3 Å². The normalized spacial score (nSPS) is 15.0. The van der Waals surface area contributed by atoms with Crippen molar-refractivity contribution >= 4 is 24.0 Å². The SMILES string of the molecule is CC(C)CN(C(=O)Cc1ccc(N)cn1)C1CCCC1.Cl. The van der Waals surface area contributed by atoms with Gasteiger partial charge in [-0.25, -0.2) is 0 Å². The van der Waals surface area contributed by atoms with Crippen molar-refractivity contribution in [1.82, 2.24) is 9.88 Å². The molecule has 1 fully saturated rings. The van der Waals surface area contributed by atoms with Gasteiger partial charge in [-0.3, -0.25) is 9.78 Å². The number of halogens is 1. The summed E-state index contributed by atoms with van der Waals surface area (Å²) < 4.78 is 0. The lowest BCUT2D eigenvalue weighted by molar-refractivity contribution is -0.133. The number of anilines is 1. The van der Waals surface area contributed by atoms with Gasteiger partial charge < -0.3 is 10.6 Å². The number of hydrogen-bond donors (Lipinski definition) is 1. The minimum absolute atomic E-state index is 0. The molecule has 4 nitrogen and oxygen atoms in total. The number of carbonyl (C=O) groups is 1. The number of hydrogen-bond acceptors (Lipinski definition) is 3. The average Bonchev–Trinajstić information content (AvgIpc) is 2.92. The summed E-state index contributed by atoms with van der Waals surface area (Å²) in [6, 6.07) is 4.08. The van der Waals surface area contributed by atoms with E-state index in [0.29, 0.717) is 24.1 Å². The Kier molecular flexibility index (Phi) is 6.96. The van der Waals surface area contributed by atoms with Crippen molar-refractivity contribution in [3.8, 4) is 0 Å². The maximum Gasteiger partial charge on any atom is 0.228 e. The van der Waals surface area contributed by atoms with Crippen LogP contribution in [0.3, 0.4) is 0 Å². The highest BCUT2D eigenvalue weighted by molar-refractivity contribution is 5.85. The van der Waals surface area contributed by atoms with Gasteiger partial charge in [-0.1, -0.05) is 26.7 Å². The third-order valence-electron chi connectivity index (χ3n) is 3.83. The van der Waals surface area contributed by atoms with Crippen molar-refractivity contribution < 1.29 is 4.79 Å². The number of rotatable bonds is 5. The van der Waals surface area contributed by atoms with Crippen LogP contribution in [-0.4, -0.2) is 28.4 Å². The smallest absolute Gasteiger partial charge is 0.228 e. The third-order valence-corrected chi connectivity index (χ3v) is 3.83. The molecule has 0 radical (unpaired) electrons. The van der Waals surface area contributed by atoms with Crippen LogP contribution in [-0.2, 0) is 11.2 Å². The van der Waals surface area contributed by atoms with Gasteiger partial charge in [-0.15, -0.1) is 12.4 Å². The van der Waals surface area contributed by atoms with Crippen LogP contribution in [0, 0.1) is 5.92 Å². The van der Waals surface area contributed by atoms with Gasteiger partial charge in [0, 0.05) is 18.3 Å². The minimum Gasteiger partial charge on any atom is -0.397 e. The first-order valence-electron chi connectivity index (χ1n) is 7.56. The van der Waals surface area contributed by atoms with Crippen LogP contribution in [0.25, 0.3) is 0 Å². The fourth-order valence-electron chi connectivity index (χ4n) is 2.86. The lowest BCUT2D eigenvalue weighted by Crippen LogP contribution is -2.42. The first-order valence-corrected chi connectivity index (χ1v) is 7.56. The lowest BCUT2D eigenvalue weighted by Gasteiger charge is -2.30. The Hall–Kier alpha value is -1.29. The minimum atomic E-state index is 0. The number of nitrogens with two attached hydrogens (primary N) is 1. The molecular formula is C16H26ClN3O. The monoisotopic (exact) mass is 311 g/mol. The predicted molar refractivity (Wildman–Crippen MR) is 88.4 cm³/mol. The molecule has 1 saturated carbocycles. The topological polar surface area (TPSA) is 59.2 Å². The molecule has 1 aromatic rings. The van der Waals surface area contributed by atoms with Crippen LogP contribution in [0.4, 0.5) is 5.69 Å². The second kappa shape index (κ2) is 8.23. The van der Waals surface area contributed by atoms with Crippen molar-refractivity contribution in [3.05, 3.63) is 24.0 Å². The maximum atomic E-state index is 12.6. The molecule has 2 rings (SSSR count). The van der Waals surface area contributed by atoms with Gasteiger partial charge in [0.2, 0.25) is 5.91 Å². The van der Waals surface area contributed by atoms with E-state index < -0.39 is 0 Å². The van der Waals surface area contributed by atoms with E-state index in [1.165, 1.54) is 12.8 Å². The zero-order valence-corrected chi connectivity index (χ0v) is 13.7. The highest BCUT2D eigenvalue weighted by Crippen LogP contribution is 2.25. The van der Waals surface area contributed by atoms with Crippen molar-refractivity contribution in [2.45, 2.75) is 52.0 Å². The largest absolute Gasteiger partial charge is 0.397 e. The zero-order chi connectivity index (χ0) is 14.5. The van der Waals surface area contributed by atoms with E-state index >= 15 is 0 Å². The standard InChI is InChI=1S/C16H25N3O.ClH/c1-12(2)11-19(15-5-3-4-6-15)16(20)9-14-8-7-13(17)10-18-14;/h7-8,10,12,15H,3-6,9,11,17H2,1-2H3;1H. The van der Waals surface area contributed by atoms with Gasteiger partial charge in [0.05, 0.1) is 18.3 Å². The zero-order valence-electron chi connectivity index (χ0n) is 12.9. The Morgan fingerprint density at radius 1 is 1.38 bits per heavy atom. The number of aromatic nitrogens is 1. The Balaban J connectivity index is 0.00000220. The van der Waals surface area contributed by atoms with E-state index in [4.69, 9.17) is 5.73 Å². The summed E-state index contributed by atoms with van der Waals surface area (Å²) in [6.07, 6.45) is 6.77. The fourth-order valence-corrected chi connectivity index (χ4v) is 2.86. The Morgan fingerprint density at radius 2 is 2.05 bits per heavy atom. The molecule has 1 aromatic heterocycles. The predicted octanol–water partition coefficient (Wildman–Crippen LogP) is 3.06. The van der Waals surface area contributed by atoms with Crippen LogP contribution >= 0.6 is 12.4 Å². The Labute approximate surface area is 133 Å². The van der Waals surface area contributed by atoms with Crippen molar-refractivity contribution in [2.24, 2.45) is 5.92 Å². The number of amides is 1. The van der Waals surface area contributed by atoms with Gasteiger partial charge in [-0.05, 0) is 30.9 Å². The molecular weight excluding hydrogens is 286 g/mol. The quantitative estimate of drug-likeness (QED) is 0.909. The van der Waals surface area contributed by atoms with E-state index in [1.54, 1.807) is 12.3 Å². The third kappa shape index (κ3) is 5.20. The first-order chi connectivity index (χ1) is 9.56. The highest BCUT2D eigenvalue weighted by atomic mass is 35.5. The van der Waals surface area contributed by atoms with Crippen molar-refractivity contribution in [1.29, 1.82) is 0 Å². The molecule has 0 aromatic carbocycles. The van der Waals surface area contributed by atoms with Gasteiger partial charge in [0.15, 0.2) is 0 Å². The fraction of sp³-hybridized carbons (Fsp3) is 0.625. The van der Waals surface area contributed by atoms with Crippen LogP contribution in [0.15, 0.2) is 18.3 Å². The van der Waals surface area contributed by atoms with Crippen LogP contribution < -0.4 is 5.73 Å². The van der Waals surface area contributed by atoms with E-state index in [2.05, 4.69) is 23.7 Å². The second-order valence-corrected chi connectivity index (χ2v) is 6.14. The maximum absolute atomic E-state index is 12.6. The summed E-state index contributed by atoms with van der Waals surface area (Å²) in [5.41, 5.74) is 7.06. The van der Waals surface area contributed by atoms with Crippen LogP contribution in [0.1, 0.15) is 45.2 Å². The summed E-state index contributed by atoms with van der Waals surface area (Å²) in [5, 5.41) is 0. The van der Waals surface area contributed by atoms with E-state index in [1.807, 2.05) is 6.07 Å². The van der Waals surface area contributed by atoms with Gasteiger partial charge in [0.1, 0.15) is 0 Å². The molecule has 1 aliphatic carbocycles. The highest BCUT2D eigenvalue weighted by Gasteiger charge is 2.27. The Morgan fingerprint density at radius 3 is 2.57 bits per heavy atom. The lowest BCUT2D eigenvalue weighted by atomic mass is 10.1. The summed E-state index contributed by atoms with van der Waals surface area (Å²) in [6.45, 7) is 5.17. The first kappa shape index (κ1) is 17.8. The molecule has 5 heteroatoms. The molecule has 0 atom stereocenters. The summed E-state index contributed by atoms with van der Waals surface area (Å²) in [7, 11) is 0. The Bertz CT molecular complexity index is 441. The molecule has 1 aliphatic rings. The summed E-state index contributed by atoms with van der Waals surface area (Å²) in [5.74, 6) is 0.696. The van der Waals surface area contributed by atoms with Gasteiger partial charge in [-0.2, -0.15) is 0 Å². The van der Waals surface area contributed by atoms with Crippen molar-refractivity contribution in [3.63, 3.8) is 0 Å². The summed E-state index contributed by atoms with van der Waals surface area (Å²) in [4.78, 5) is 18.9. The van der Waals surface area contributed by atoms with E-state index in [-0.39, 0.29) is 18.3 Å². The van der Waals surface area contributed by atoms with E-state index in [9.17, 15) is 4.79 Å². The molecule has 1 amide bonds. The van der Waals surface area contributed by atoms with Gasteiger partial charge in [0.25, 0.3) is 0 Å². The molecule has 0 saturated heterocycles. The molecule has 0 aliphatic heterocycles. The molecule has 0 spiro atoms. The molecule has 21 heavy (non-hydrogen) atoms. The summed E-state index contributed by atoms with van der Waals surface area (Å²) >= 11 is 0. The number of carbonyl (C=O) groups excluding carboxylic acids is 1. The molecule has 0 bridgehead atoms. The number of pyridine rings is 1. The number of nitrogen functional groups attached to an aromatic ring is 1. The second-order valence-electron chi connectivity index (χ2n) is 6.14. The van der Waals surface area contributed by atoms with Crippen LogP contribution in [0.2, 0.25) is 0 Å². The molecule has 118 valence electrons. The molecule has 2 N–H and O–H groups in total. The van der Waals surface area contributed by atoms with Gasteiger partial charge >= 0.3 is 0 Å². The van der Waals surface area contributed by atoms with Crippen LogP contribution in [0.5, 0.6) is 0 Å². The van der Waals surface area contributed by atoms with E-state index in [0.717, 1.165) is 25.1 Å². The average molecular weight is 312 g/mol. The molecule has 0 unspecified atom stereocenters. The number of nitrogens with zero attached hydrogens (tertiary/aromatic N) is 2. The molecule has 1 heterocycles.